The second kappa shape index (κ2) is 9.64. The monoisotopic (exact) mass is 462 g/mol. The summed E-state index contributed by atoms with van der Waals surface area (Å²) in [5, 5.41) is 7.14. The Balaban J connectivity index is 1.59. The molecular weight excluding hydrogens is 441 g/mol. The fourth-order valence-corrected chi connectivity index (χ4v) is 4.47. The molecule has 3 aromatic rings. The van der Waals surface area contributed by atoms with Crippen LogP contribution in [0.2, 0.25) is 0 Å². The predicted molar refractivity (Wildman–Crippen MR) is 116 cm³/mol. The van der Waals surface area contributed by atoms with Crippen molar-refractivity contribution in [3.63, 3.8) is 0 Å². The molecule has 6 nitrogen and oxygen atoms in total. The zero-order valence-electron chi connectivity index (χ0n) is 17.2. The SMILES string of the molecule is CC1CN(C(=O)N(Cc2ccc(-c3nnc(C(F)F)o3)cc2F)c2ccccc2)CCS1. The minimum absolute atomic E-state index is 0.0130. The number of aromatic nitrogens is 2. The summed E-state index contributed by atoms with van der Waals surface area (Å²) >= 11 is 1.82. The van der Waals surface area contributed by atoms with Gasteiger partial charge in [0.05, 0.1) is 6.54 Å². The zero-order chi connectivity index (χ0) is 22.7. The van der Waals surface area contributed by atoms with Gasteiger partial charge >= 0.3 is 12.5 Å². The molecule has 2 heterocycles. The number of alkyl halides is 2. The van der Waals surface area contributed by atoms with Crippen molar-refractivity contribution in [1.82, 2.24) is 15.1 Å². The molecule has 1 atom stereocenters. The van der Waals surface area contributed by atoms with E-state index in [1.165, 1.54) is 12.1 Å². The number of benzene rings is 2. The summed E-state index contributed by atoms with van der Waals surface area (Å²) < 4.78 is 45.2. The third-order valence-electron chi connectivity index (χ3n) is 5.07. The van der Waals surface area contributed by atoms with E-state index in [9.17, 15) is 18.0 Å². The van der Waals surface area contributed by atoms with Crippen LogP contribution in [0.4, 0.5) is 23.7 Å². The molecule has 1 aromatic heterocycles. The Bertz CT molecular complexity index is 1080. The Morgan fingerprint density at radius 3 is 2.69 bits per heavy atom. The third kappa shape index (κ3) is 4.90. The van der Waals surface area contributed by atoms with Crippen LogP contribution in [0, 0.1) is 5.82 Å². The number of urea groups is 1. The highest BCUT2D eigenvalue weighted by atomic mass is 32.2. The predicted octanol–water partition coefficient (Wildman–Crippen LogP) is 5.38. The van der Waals surface area contributed by atoms with Crippen LogP contribution < -0.4 is 4.90 Å². The van der Waals surface area contributed by atoms with E-state index in [0.29, 0.717) is 24.0 Å². The fraction of sp³-hybridized carbons (Fsp3) is 0.318. The molecule has 1 saturated heterocycles. The number of nitrogens with zero attached hydrogens (tertiary/aromatic N) is 4. The highest BCUT2D eigenvalue weighted by Gasteiger charge is 2.27. The molecule has 0 radical (unpaired) electrons. The minimum atomic E-state index is -2.90. The van der Waals surface area contributed by atoms with Crippen LogP contribution in [0.3, 0.4) is 0 Å². The standard InChI is InChI=1S/C22H21F3N4O2S/c1-14-12-28(9-10-32-14)22(30)29(17-5-3-2-4-6-17)13-16-8-7-15(11-18(16)23)20-26-27-21(31-20)19(24)25/h2-8,11,14,19H,9-10,12-13H2,1H3. The molecule has 2 aromatic carbocycles. The first-order chi connectivity index (χ1) is 15.4. The smallest absolute Gasteiger partial charge is 0.324 e. The summed E-state index contributed by atoms with van der Waals surface area (Å²) in [7, 11) is 0. The molecule has 1 fully saturated rings. The van der Waals surface area contributed by atoms with E-state index < -0.39 is 18.1 Å². The van der Waals surface area contributed by atoms with Crippen LogP contribution in [0.15, 0.2) is 52.9 Å². The highest BCUT2D eigenvalue weighted by molar-refractivity contribution is 7.99. The average Bonchev–Trinajstić information content (AvgIpc) is 3.29. The van der Waals surface area contributed by atoms with E-state index in [1.54, 1.807) is 21.9 Å². The first kappa shape index (κ1) is 22.2. The molecule has 10 heteroatoms. The lowest BCUT2D eigenvalue weighted by molar-refractivity contribution is 0.116. The quantitative estimate of drug-likeness (QED) is 0.510. The van der Waals surface area contributed by atoms with E-state index in [2.05, 4.69) is 17.1 Å². The number of para-hydroxylation sites is 1. The van der Waals surface area contributed by atoms with Gasteiger partial charge in [0.15, 0.2) is 0 Å². The molecule has 0 saturated carbocycles. The minimum Gasteiger partial charge on any atom is -0.415 e. The van der Waals surface area contributed by atoms with Crippen molar-refractivity contribution in [2.24, 2.45) is 0 Å². The van der Waals surface area contributed by atoms with Gasteiger partial charge in [0.25, 0.3) is 5.89 Å². The van der Waals surface area contributed by atoms with Gasteiger partial charge in [-0.05, 0) is 24.3 Å². The Labute approximate surface area is 187 Å². The number of rotatable bonds is 5. The molecule has 0 N–H and O–H groups in total. The number of hydrogen-bond acceptors (Lipinski definition) is 5. The number of amides is 2. The molecule has 1 aliphatic rings. The summed E-state index contributed by atoms with van der Waals surface area (Å²) in [5.74, 6) is -0.764. The third-order valence-corrected chi connectivity index (χ3v) is 6.20. The first-order valence-corrected chi connectivity index (χ1v) is 11.1. The topological polar surface area (TPSA) is 62.5 Å². The maximum atomic E-state index is 15.0. The van der Waals surface area contributed by atoms with Crippen molar-refractivity contribution in [3.8, 4) is 11.5 Å². The normalized spacial score (nSPS) is 16.4. The van der Waals surface area contributed by atoms with E-state index in [0.717, 1.165) is 11.8 Å². The second-order valence-electron chi connectivity index (χ2n) is 7.38. The van der Waals surface area contributed by atoms with Crippen LogP contribution in [0.25, 0.3) is 11.5 Å². The van der Waals surface area contributed by atoms with Crippen molar-refractivity contribution < 1.29 is 22.4 Å². The Morgan fingerprint density at radius 2 is 2.03 bits per heavy atom. The molecule has 0 spiro atoms. The van der Waals surface area contributed by atoms with E-state index >= 15 is 0 Å². The van der Waals surface area contributed by atoms with Crippen molar-refractivity contribution in [1.29, 1.82) is 0 Å². The van der Waals surface area contributed by atoms with Gasteiger partial charge in [0, 0.05) is 40.9 Å². The summed E-state index contributed by atoms with van der Waals surface area (Å²) in [6.07, 6.45) is -2.90. The number of thioether (sulfide) groups is 1. The van der Waals surface area contributed by atoms with Crippen LogP contribution in [-0.2, 0) is 6.54 Å². The van der Waals surface area contributed by atoms with Crippen LogP contribution in [0.5, 0.6) is 0 Å². The van der Waals surface area contributed by atoms with Gasteiger partial charge in [0.2, 0.25) is 5.89 Å². The maximum Gasteiger partial charge on any atom is 0.324 e. The molecule has 32 heavy (non-hydrogen) atoms. The van der Waals surface area contributed by atoms with Gasteiger partial charge in [-0.2, -0.15) is 20.5 Å². The largest absolute Gasteiger partial charge is 0.415 e. The molecule has 4 rings (SSSR count). The number of anilines is 1. The van der Waals surface area contributed by atoms with Gasteiger partial charge in [-0.3, -0.25) is 4.90 Å². The van der Waals surface area contributed by atoms with Crippen molar-refractivity contribution in [2.45, 2.75) is 25.1 Å². The van der Waals surface area contributed by atoms with E-state index in [1.807, 2.05) is 30.0 Å². The molecule has 2 amide bonds. The number of carbonyl (C=O) groups is 1. The fourth-order valence-electron chi connectivity index (χ4n) is 3.46. The van der Waals surface area contributed by atoms with Gasteiger partial charge < -0.3 is 9.32 Å². The molecule has 0 aliphatic carbocycles. The van der Waals surface area contributed by atoms with Gasteiger partial charge in [0.1, 0.15) is 5.82 Å². The zero-order valence-corrected chi connectivity index (χ0v) is 18.1. The number of carbonyl (C=O) groups excluding carboxylic acids is 1. The Hall–Kier alpha value is -3.01. The maximum absolute atomic E-state index is 15.0. The van der Waals surface area contributed by atoms with Crippen molar-refractivity contribution >= 4 is 23.5 Å². The van der Waals surface area contributed by atoms with Crippen LogP contribution in [0.1, 0.15) is 24.8 Å². The lowest BCUT2D eigenvalue weighted by Crippen LogP contribution is -2.48. The van der Waals surface area contributed by atoms with Gasteiger partial charge in [-0.1, -0.05) is 31.2 Å². The molecule has 0 bridgehead atoms. The van der Waals surface area contributed by atoms with Crippen molar-refractivity contribution in [3.05, 3.63) is 65.8 Å². The summed E-state index contributed by atoms with van der Waals surface area (Å²) in [6, 6.07) is 13.0. The molecule has 168 valence electrons. The average molecular weight is 462 g/mol. The molecular formula is C22H21F3N4O2S. The highest BCUT2D eigenvalue weighted by Crippen LogP contribution is 2.27. The van der Waals surface area contributed by atoms with Crippen molar-refractivity contribution in [2.75, 3.05) is 23.7 Å². The summed E-state index contributed by atoms with van der Waals surface area (Å²) in [4.78, 5) is 16.7. The number of halogens is 3. The Morgan fingerprint density at radius 1 is 1.25 bits per heavy atom. The molecule has 1 aliphatic heterocycles. The Kier molecular flexibility index (Phi) is 6.69. The number of hydrogen-bond donors (Lipinski definition) is 0. The van der Waals surface area contributed by atoms with E-state index in [-0.39, 0.29) is 29.6 Å². The summed E-state index contributed by atoms with van der Waals surface area (Å²) in [5.41, 5.74) is 1.12. The summed E-state index contributed by atoms with van der Waals surface area (Å²) in [6.45, 7) is 3.34. The van der Waals surface area contributed by atoms with Crippen LogP contribution >= 0.6 is 11.8 Å². The van der Waals surface area contributed by atoms with Crippen LogP contribution in [-0.4, -0.2) is 45.2 Å². The lowest BCUT2D eigenvalue weighted by atomic mass is 10.1. The van der Waals surface area contributed by atoms with E-state index in [4.69, 9.17) is 4.42 Å². The van der Waals surface area contributed by atoms with Gasteiger partial charge in [-0.25, -0.2) is 9.18 Å². The van der Waals surface area contributed by atoms with Gasteiger partial charge in [-0.15, -0.1) is 10.2 Å². The lowest BCUT2D eigenvalue weighted by Gasteiger charge is -2.35. The first-order valence-electron chi connectivity index (χ1n) is 10.1. The molecule has 1 unspecified atom stereocenters. The second-order valence-corrected chi connectivity index (χ2v) is 8.93.